The van der Waals surface area contributed by atoms with Gasteiger partial charge >= 0.3 is 29.9 Å². The molecule has 0 amide bonds. The van der Waals surface area contributed by atoms with E-state index in [1.807, 2.05) is 0 Å². The summed E-state index contributed by atoms with van der Waals surface area (Å²) in [6, 6.07) is 0. The second kappa shape index (κ2) is 6.34. The molecule has 0 aliphatic carbocycles. The van der Waals surface area contributed by atoms with Gasteiger partial charge in [-0.25, -0.2) is 18.0 Å². The summed E-state index contributed by atoms with van der Waals surface area (Å²) in [4.78, 5) is 10.5. The van der Waals surface area contributed by atoms with E-state index in [9.17, 15) is 44.3 Å². The molecule has 0 saturated heterocycles. The molecule has 0 heterocycles. The van der Waals surface area contributed by atoms with Crippen LogP contribution in [-0.4, -0.2) is 47.7 Å². The van der Waals surface area contributed by atoms with Gasteiger partial charge < -0.3 is 9.84 Å². The van der Waals surface area contributed by atoms with E-state index in [0.29, 0.717) is 6.08 Å². The van der Waals surface area contributed by atoms with E-state index in [2.05, 4.69) is 11.3 Å². The number of hydrogen-bond donors (Lipinski definition) is 1. The lowest BCUT2D eigenvalue weighted by molar-refractivity contribution is -0.399. The van der Waals surface area contributed by atoms with Gasteiger partial charge in [-0.05, 0) is 0 Å². The number of halogens is 9. The maximum absolute atomic E-state index is 13.2. The molecule has 0 bridgehead atoms. The van der Waals surface area contributed by atoms with Gasteiger partial charge in [0, 0.05) is 12.5 Å². The van der Waals surface area contributed by atoms with Gasteiger partial charge in [-0.3, -0.25) is 0 Å². The number of carbonyl (C=O) groups excluding carboxylic acids is 1. The molecule has 3 nitrogen and oxygen atoms in total. The predicted molar refractivity (Wildman–Crippen MR) is 52.7 cm³/mol. The Labute approximate surface area is 117 Å². The Morgan fingerprint density at radius 2 is 1.45 bits per heavy atom. The number of alkyl halides is 9. The van der Waals surface area contributed by atoms with E-state index in [4.69, 9.17) is 5.11 Å². The molecule has 0 aliphatic rings. The molecule has 0 saturated carbocycles. The Morgan fingerprint density at radius 1 is 1.05 bits per heavy atom. The van der Waals surface area contributed by atoms with Crippen LogP contribution in [0.3, 0.4) is 0 Å². The lowest BCUT2D eigenvalue weighted by atomic mass is 9.91. The van der Waals surface area contributed by atoms with Gasteiger partial charge in [-0.2, -0.15) is 26.3 Å². The molecule has 0 rings (SSSR count). The summed E-state index contributed by atoms with van der Waals surface area (Å²) in [7, 11) is 0. The molecular formula is C10H9F9O3. The third kappa shape index (κ3) is 4.05. The third-order valence-electron chi connectivity index (χ3n) is 2.36. The van der Waals surface area contributed by atoms with Crippen LogP contribution in [0, 0.1) is 0 Å². The summed E-state index contributed by atoms with van der Waals surface area (Å²) in [5, 5.41) is 8.93. The van der Waals surface area contributed by atoms with Gasteiger partial charge in [0.05, 0.1) is 6.10 Å². The molecule has 1 unspecified atom stereocenters. The zero-order valence-electron chi connectivity index (χ0n) is 10.4. The standard InChI is InChI=1S/C10H9F9O3/c1-2-6(21)22-4-5(20)3-7(11,12)8(13,9(14,15)16)10(17,18)19/h2,5,20H,1,3-4H2. The monoisotopic (exact) mass is 348 g/mol. The fourth-order valence-corrected chi connectivity index (χ4v) is 1.31. The summed E-state index contributed by atoms with van der Waals surface area (Å²) in [6.07, 6.45) is -18.7. The molecule has 1 N–H and O–H groups in total. The number of ether oxygens (including phenoxy) is 1. The molecule has 12 heteroatoms. The number of esters is 1. The maximum Gasteiger partial charge on any atom is 0.437 e. The summed E-state index contributed by atoms with van der Waals surface area (Å²) >= 11 is 0. The zero-order valence-corrected chi connectivity index (χ0v) is 10.4. The molecule has 0 aliphatic heterocycles. The van der Waals surface area contributed by atoms with Gasteiger partial charge in [0.1, 0.15) is 6.61 Å². The SMILES string of the molecule is C=CC(=O)OCC(O)CC(F)(F)C(F)(C(F)(F)F)C(F)(F)F. The highest BCUT2D eigenvalue weighted by atomic mass is 19.4. The van der Waals surface area contributed by atoms with Crippen molar-refractivity contribution >= 4 is 5.97 Å². The highest BCUT2D eigenvalue weighted by molar-refractivity contribution is 5.81. The second-order valence-electron chi connectivity index (χ2n) is 4.05. The molecule has 0 radical (unpaired) electrons. The molecule has 0 spiro atoms. The molecular weight excluding hydrogens is 339 g/mol. The largest absolute Gasteiger partial charge is 0.460 e. The van der Waals surface area contributed by atoms with E-state index >= 15 is 0 Å². The highest BCUT2D eigenvalue weighted by Gasteiger charge is 2.84. The van der Waals surface area contributed by atoms with Crippen molar-refractivity contribution in [2.45, 2.75) is 36.5 Å². The van der Waals surface area contributed by atoms with Crippen molar-refractivity contribution in [2.24, 2.45) is 0 Å². The van der Waals surface area contributed by atoms with E-state index in [1.165, 1.54) is 0 Å². The van der Waals surface area contributed by atoms with Crippen molar-refractivity contribution in [3.05, 3.63) is 12.7 Å². The molecule has 0 aromatic carbocycles. The Bertz CT molecular complexity index is 399. The predicted octanol–water partition coefficient (Wildman–Crippen LogP) is 2.93. The van der Waals surface area contributed by atoms with Crippen LogP contribution in [0.1, 0.15) is 6.42 Å². The van der Waals surface area contributed by atoms with Crippen LogP contribution < -0.4 is 0 Å². The van der Waals surface area contributed by atoms with Crippen molar-refractivity contribution in [1.82, 2.24) is 0 Å². The summed E-state index contributed by atoms with van der Waals surface area (Å²) in [6.45, 7) is 1.49. The molecule has 0 aromatic rings. The summed E-state index contributed by atoms with van der Waals surface area (Å²) < 4.78 is 116. The van der Waals surface area contributed by atoms with E-state index < -0.39 is 49.0 Å². The summed E-state index contributed by atoms with van der Waals surface area (Å²) in [5.74, 6) is -7.33. The number of carbonyl (C=O) groups is 1. The highest BCUT2D eigenvalue weighted by Crippen LogP contribution is 2.55. The number of rotatable bonds is 6. The van der Waals surface area contributed by atoms with Crippen LogP contribution >= 0.6 is 0 Å². The Morgan fingerprint density at radius 3 is 1.77 bits per heavy atom. The van der Waals surface area contributed by atoms with Gasteiger partial charge in [-0.1, -0.05) is 6.58 Å². The Hall–Kier alpha value is -1.46. The molecule has 1 atom stereocenters. The van der Waals surface area contributed by atoms with E-state index in [-0.39, 0.29) is 0 Å². The topological polar surface area (TPSA) is 46.5 Å². The minimum absolute atomic E-state index is 0.496. The molecule has 0 fully saturated rings. The van der Waals surface area contributed by atoms with Gasteiger partial charge in [-0.15, -0.1) is 0 Å². The summed E-state index contributed by atoms with van der Waals surface area (Å²) in [5.41, 5.74) is -6.86. The number of aliphatic hydroxyl groups excluding tert-OH is 1. The minimum atomic E-state index is -6.98. The molecule has 0 aromatic heterocycles. The Balaban J connectivity index is 5.32. The quantitative estimate of drug-likeness (QED) is 0.456. The first kappa shape index (κ1) is 20.5. The average molecular weight is 348 g/mol. The van der Waals surface area contributed by atoms with Crippen molar-refractivity contribution < 1.29 is 54.2 Å². The minimum Gasteiger partial charge on any atom is -0.460 e. The first-order valence-corrected chi connectivity index (χ1v) is 5.27. The van der Waals surface area contributed by atoms with Crippen LogP contribution in [0.2, 0.25) is 0 Å². The lowest BCUT2D eigenvalue weighted by Gasteiger charge is -2.36. The van der Waals surface area contributed by atoms with Crippen LogP contribution in [0.4, 0.5) is 39.5 Å². The lowest BCUT2D eigenvalue weighted by Crippen LogP contribution is -2.65. The van der Waals surface area contributed by atoms with E-state index in [1.54, 1.807) is 0 Å². The normalized spacial score (nSPS) is 15.4. The first-order chi connectivity index (χ1) is 9.60. The van der Waals surface area contributed by atoms with E-state index in [0.717, 1.165) is 0 Å². The fourth-order valence-electron chi connectivity index (χ4n) is 1.31. The van der Waals surface area contributed by atoms with Gasteiger partial charge in [0.15, 0.2) is 0 Å². The second-order valence-corrected chi connectivity index (χ2v) is 4.05. The van der Waals surface area contributed by atoms with Crippen molar-refractivity contribution in [3.8, 4) is 0 Å². The maximum atomic E-state index is 13.2. The third-order valence-corrected chi connectivity index (χ3v) is 2.36. The van der Waals surface area contributed by atoms with Crippen LogP contribution in [-0.2, 0) is 9.53 Å². The van der Waals surface area contributed by atoms with Crippen molar-refractivity contribution in [1.29, 1.82) is 0 Å². The van der Waals surface area contributed by atoms with Gasteiger partial charge in [0.25, 0.3) is 0 Å². The van der Waals surface area contributed by atoms with Crippen LogP contribution in [0.5, 0.6) is 0 Å². The Kier molecular flexibility index (Phi) is 5.92. The molecule has 22 heavy (non-hydrogen) atoms. The van der Waals surface area contributed by atoms with Crippen LogP contribution in [0.15, 0.2) is 12.7 Å². The van der Waals surface area contributed by atoms with Gasteiger partial charge in [0.2, 0.25) is 0 Å². The number of hydrogen-bond acceptors (Lipinski definition) is 3. The van der Waals surface area contributed by atoms with Crippen molar-refractivity contribution in [2.75, 3.05) is 6.61 Å². The van der Waals surface area contributed by atoms with Crippen LogP contribution in [0.25, 0.3) is 0 Å². The van der Waals surface area contributed by atoms with Crippen molar-refractivity contribution in [3.63, 3.8) is 0 Å². The fraction of sp³-hybridized carbons (Fsp3) is 0.700. The average Bonchev–Trinajstić information content (AvgIpc) is 2.31. The number of aliphatic hydroxyl groups is 1. The first-order valence-electron chi connectivity index (χ1n) is 5.27. The molecule has 130 valence electrons. The zero-order chi connectivity index (χ0) is 18.0. The smallest absolute Gasteiger partial charge is 0.437 e.